The molecule has 94 valence electrons. The van der Waals surface area contributed by atoms with Crippen molar-refractivity contribution in [3.63, 3.8) is 0 Å². The van der Waals surface area contributed by atoms with Crippen LogP contribution in [0.2, 0.25) is 5.15 Å². The summed E-state index contributed by atoms with van der Waals surface area (Å²) in [5.41, 5.74) is 0. The van der Waals surface area contributed by atoms with Gasteiger partial charge in [-0.2, -0.15) is 9.97 Å². The van der Waals surface area contributed by atoms with E-state index in [1.807, 2.05) is 0 Å². The first-order chi connectivity index (χ1) is 8.22. The van der Waals surface area contributed by atoms with Gasteiger partial charge >= 0.3 is 6.01 Å². The van der Waals surface area contributed by atoms with Crippen LogP contribution in [0.25, 0.3) is 0 Å². The summed E-state index contributed by atoms with van der Waals surface area (Å²) >= 11 is 5.94. The molecule has 1 aromatic rings. The van der Waals surface area contributed by atoms with Crippen molar-refractivity contribution in [1.82, 2.24) is 14.9 Å². The van der Waals surface area contributed by atoms with Gasteiger partial charge in [-0.05, 0) is 6.54 Å². The van der Waals surface area contributed by atoms with Crippen molar-refractivity contribution in [3.05, 3.63) is 11.2 Å². The highest BCUT2D eigenvalue weighted by molar-refractivity contribution is 6.29. The minimum Gasteiger partial charge on any atom is -0.467 e. The van der Waals surface area contributed by atoms with E-state index in [9.17, 15) is 0 Å². The molecule has 0 N–H and O–H groups in total. The molecule has 1 aromatic heterocycles. The molecule has 2 heterocycles. The molecule has 0 radical (unpaired) electrons. The Balaban J connectivity index is 2.10. The number of nitrogens with zero attached hydrogens (tertiary/aromatic N) is 4. The van der Waals surface area contributed by atoms with Gasteiger partial charge in [0.2, 0.25) is 0 Å². The van der Waals surface area contributed by atoms with Gasteiger partial charge in [-0.3, -0.25) is 0 Å². The van der Waals surface area contributed by atoms with Gasteiger partial charge in [0.1, 0.15) is 11.0 Å². The fraction of sp³-hybridized carbons (Fsp3) is 0.636. The van der Waals surface area contributed by atoms with Crippen molar-refractivity contribution >= 4 is 17.4 Å². The van der Waals surface area contributed by atoms with Crippen LogP contribution in [0.5, 0.6) is 6.01 Å². The molecular weight excluding hydrogens is 240 g/mol. The smallest absolute Gasteiger partial charge is 0.319 e. The van der Waals surface area contributed by atoms with Crippen LogP contribution in [-0.4, -0.2) is 54.7 Å². The van der Waals surface area contributed by atoms with Gasteiger partial charge in [0.25, 0.3) is 0 Å². The van der Waals surface area contributed by atoms with Crippen LogP contribution in [0.3, 0.4) is 0 Å². The molecule has 0 aromatic carbocycles. The lowest BCUT2D eigenvalue weighted by atomic mass is 10.3. The largest absolute Gasteiger partial charge is 0.467 e. The Morgan fingerprint density at radius 1 is 1.29 bits per heavy atom. The standard InChI is InChI=1S/C11H17ClN4O/c1-3-15-4-6-16(7-5-15)10-8-9(12)13-11(14-10)17-2/h8H,3-7H2,1-2H3. The zero-order chi connectivity index (χ0) is 12.3. The Labute approximate surface area is 106 Å². The lowest BCUT2D eigenvalue weighted by molar-refractivity contribution is 0.270. The van der Waals surface area contributed by atoms with Gasteiger partial charge in [-0.15, -0.1) is 0 Å². The fourth-order valence-electron chi connectivity index (χ4n) is 1.93. The van der Waals surface area contributed by atoms with Crippen LogP contribution in [0.4, 0.5) is 5.82 Å². The molecule has 0 unspecified atom stereocenters. The van der Waals surface area contributed by atoms with Crippen LogP contribution >= 0.6 is 11.6 Å². The Morgan fingerprint density at radius 2 is 2.00 bits per heavy atom. The number of piperazine rings is 1. The monoisotopic (exact) mass is 256 g/mol. The molecular formula is C11H17ClN4O. The first kappa shape index (κ1) is 12.4. The Hall–Kier alpha value is -1.07. The number of anilines is 1. The third-order valence-electron chi connectivity index (χ3n) is 2.99. The zero-order valence-corrected chi connectivity index (χ0v) is 10.9. The second-order valence-corrected chi connectivity index (χ2v) is 4.34. The molecule has 5 nitrogen and oxygen atoms in total. The summed E-state index contributed by atoms with van der Waals surface area (Å²) in [5, 5.41) is 0.421. The van der Waals surface area contributed by atoms with Crippen molar-refractivity contribution in [3.8, 4) is 6.01 Å². The lowest BCUT2D eigenvalue weighted by Crippen LogP contribution is -2.46. The van der Waals surface area contributed by atoms with E-state index in [4.69, 9.17) is 16.3 Å². The molecule has 17 heavy (non-hydrogen) atoms. The molecule has 0 saturated carbocycles. The van der Waals surface area contributed by atoms with Crippen molar-refractivity contribution in [1.29, 1.82) is 0 Å². The number of likely N-dealkylation sites (N-methyl/N-ethyl adjacent to an activating group) is 1. The van der Waals surface area contributed by atoms with Crippen LogP contribution in [0.15, 0.2) is 6.07 Å². The van der Waals surface area contributed by atoms with Crippen molar-refractivity contribution in [2.24, 2.45) is 0 Å². The molecule has 6 heteroatoms. The summed E-state index contributed by atoms with van der Waals surface area (Å²) in [6.07, 6.45) is 0. The van der Waals surface area contributed by atoms with E-state index in [1.54, 1.807) is 13.2 Å². The van der Waals surface area contributed by atoms with Crippen LogP contribution in [0.1, 0.15) is 6.92 Å². The Kier molecular flexibility index (Phi) is 4.02. The van der Waals surface area contributed by atoms with Crippen molar-refractivity contribution < 1.29 is 4.74 Å². The number of halogens is 1. The highest BCUT2D eigenvalue weighted by Gasteiger charge is 2.18. The van der Waals surface area contributed by atoms with E-state index < -0.39 is 0 Å². The van der Waals surface area contributed by atoms with E-state index in [1.165, 1.54) is 0 Å². The van der Waals surface area contributed by atoms with Gasteiger partial charge in [-0.25, -0.2) is 0 Å². The molecule has 0 atom stereocenters. The number of rotatable bonds is 3. The topological polar surface area (TPSA) is 41.5 Å². The van der Waals surface area contributed by atoms with Gasteiger partial charge < -0.3 is 14.5 Å². The SMILES string of the molecule is CCN1CCN(c2cc(Cl)nc(OC)n2)CC1. The van der Waals surface area contributed by atoms with Gasteiger partial charge in [0.05, 0.1) is 7.11 Å². The molecule has 0 bridgehead atoms. The van der Waals surface area contributed by atoms with Crippen LogP contribution in [-0.2, 0) is 0 Å². The maximum atomic E-state index is 5.94. The minimum absolute atomic E-state index is 0.324. The van der Waals surface area contributed by atoms with Crippen LogP contribution < -0.4 is 9.64 Å². The zero-order valence-electron chi connectivity index (χ0n) is 10.2. The second kappa shape index (κ2) is 5.51. The minimum atomic E-state index is 0.324. The summed E-state index contributed by atoms with van der Waals surface area (Å²) in [5.74, 6) is 0.845. The van der Waals surface area contributed by atoms with Gasteiger partial charge in [0, 0.05) is 32.2 Å². The summed E-state index contributed by atoms with van der Waals surface area (Å²) in [7, 11) is 1.55. The quantitative estimate of drug-likeness (QED) is 0.762. The number of hydrogen-bond acceptors (Lipinski definition) is 5. The number of hydrogen-bond donors (Lipinski definition) is 0. The van der Waals surface area contributed by atoms with E-state index in [-0.39, 0.29) is 0 Å². The maximum Gasteiger partial charge on any atom is 0.319 e. The third-order valence-corrected chi connectivity index (χ3v) is 3.18. The van der Waals surface area contributed by atoms with E-state index >= 15 is 0 Å². The second-order valence-electron chi connectivity index (χ2n) is 3.96. The molecule has 1 aliphatic heterocycles. The Morgan fingerprint density at radius 3 is 2.59 bits per heavy atom. The van der Waals surface area contributed by atoms with Gasteiger partial charge in [0.15, 0.2) is 0 Å². The summed E-state index contributed by atoms with van der Waals surface area (Å²) < 4.78 is 5.03. The predicted molar refractivity (Wildman–Crippen MR) is 67.9 cm³/mol. The molecule has 1 saturated heterocycles. The molecule has 0 spiro atoms. The van der Waals surface area contributed by atoms with E-state index in [0.717, 1.165) is 38.5 Å². The average molecular weight is 257 g/mol. The predicted octanol–water partition coefficient (Wildman–Crippen LogP) is 1.28. The molecule has 1 aliphatic rings. The summed E-state index contributed by atoms with van der Waals surface area (Å²) in [4.78, 5) is 12.9. The summed E-state index contributed by atoms with van der Waals surface area (Å²) in [6.45, 7) is 7.32. The molecule has 0 amide bonds. The Bertz CT molecular complexity index is 380. The molecule has 1 fully saturated rings. The van der Waals surface area contributed by atoms with Crippen LogP contribution in [0, 0.1) is 0 Å². The fourth-order valence-corrected chi connectivity index (χ4v) is 2.10. The third kappa shape index (κ3) is 2.98. The lowest BCUT2D eigenvalue weighted by Gasteiger charge is -2.34. The first-order valence-electron chi connectivity index (χ1n) is 5.78. The average Bonchev–Trinajstić information content (AvgIpc) is 2.38. The number of methoxy groups -OCH3 is 1. The maximum absolute atomic E-state index is 5.94. The highest BCUT2D eigenvalue weighted by Crippen LogP contribution is 2.20. The molecule has 2 rings (SSSR count). The van der Waals surface area contributed by atoms with E-state index in [2.05, 4.69) is 26.7 Å². The first-order valence-corrected chi connectivity index (χ1v) is 6.16. The van der Waals surface area contributed by atoms with Crippen molar-refractivity contribution in [2.75, 3.05) is 44.7 Å². The summed E-state index contributed by atoms with van der Waals surface area (Å²) in [6, 6.07) is 2.11. The van der Waals surface area contributed by atoms with Gasteiger partial charge in [-0.1, -0.05) is 18.5 Å². The van der Waals surface area contributed by atoms with Crippen molar-refractivity contribution in [2.45, 2.75) is 6.92 Å². The number of aromatic nitrogens is 2. The number of ether oxygens (including phenoxy) is 1. The molecule has 0 aliphatic carbocycles. The highest BCUT2D eigenvalue weighted by atomic mass is 35.5. The van der Waals surface area contributed by atoms with E-state index in [0.29, 0.717) is 11.2 Å². The normalized spacial score (nSPS) is 17.2.